The van der Waals surface area contributed by atoms with Gasteiger partial charge in [0.05, 0.1) is 5.92 Å². The summed E-state index contributed by atoms with van der Waals surface area (Å²) in [6, 6.07) is -0.147. The van der Waals surface area contributed by atoms with Gasteiger partial charge in [0.25, 0.3) is 0 Å². The first-order chi connectivity index (χ1) is 7.82. The molecule has 1 heterocycles. The first kappa shape index (κ1) is 13.8. The van der Waals surface area contributed by atoms with Gasteiger partial charge in [0, 0.05) is 19.6 Å². The molecule has 0 aliphatic carbocycles. The Morgan fingerprint density at radius 3 is 2.65 bits per heavy atom. The maximum Gasteiger partial charge on any atom is 0.317 e. The Labute approximate surface area is 102 Å². The molecule has 0 aromatic rings. The highest BCUT2D eigenvalue weighted by molar-refractivity contribution is 5.76. The quantitative estimate of drug-likeness (QED) is 0.788. The fourth-order valence-electron chi connectivity index (χ4n) is 2.04. The fourth-order valence-corrected chi connectivity index (χ4v) is 2.04. The van der Waals surface area contributed by atoms with Crippen LogP contribution in [0.15, 0.2) is 0 Å². The first-order valence-electron chi connectivity index (χ1n) is 6.07. The van der Waals surface area contributed by atoms with E-state index < -0.39 is 11.9 Å². The predicted molar refractivity (Wildman–Crippen MR) is 64.8 cm³/mol. The van der Waals surface area contributed by atoms with Crippen molar-refractivity contribution in [3.8, 4) is 0 Å². The van der Waals surface area contributed by atoms with Crippen molar-refractivity contribution >= 4 is 12.0 Å². The Bertz CT molecular complexity index is 302. The number of carboxylic acid groups (broad SMARTS) is 1. The predicted octanol–water partition coefficient (Wildman–Crippen LogP) is 1.54. The lowest BCUT2D eigenvalue weighted by Crippen LogP contribution is -2.49. The number of carbonyl (C=O) groups is 2. The number of urea groups is 1. The molecule has 98 valence electrons. The van der Waals surface area contributed by atoms with Crippen LogP contribution in [0.4, 0.5) is 4.79 Å². The third kappa shape index (κ3) is 4.24. The third-order valence-electron chi connectivity index (χ3n) is 3.17. The topological polar surface area (TPSA) is 69.6 Å². The number of carboxylic acids is 1. The summed E-state index contributed by atoms with van der Waals surface area (Å²) in [5.41, 5.74) is 0.161. The van der Waals surface area contributed by atoms with Crippen LogP contribution < -0.4 is 5.32 Å². The van der Waals surface area contributed by atoms with E-state index in [4.69, 9.17) is 5.11 Å². The SMILES string of the molecule is CC(CNC(=O)N1CCCC(C)(C)C1)C(=O)O. The first-order valence-corrected chi connectivity index (χ1v) is 6.07. The number of likely N-dealkylation sites (tertiary alicyclic amines) is 1. The van der Waals surface area contributed by atoms with Crippen molar-refractivity contribution in [2.75, 3.05) is 19.6 Å². The van der Waals surface area contributed by atoms with Gasteiger partial charge in [-0.2, -0.15) is 0 Å². The van der Waals surface area contributed by atoms with Gasteiger partial charge >= 0.3 is 12.0 Å². The number of nitrogens with zero attached hydrogens (tertiary/aromatic N) is 1. The van der Waals surface area contributed by atoms with Crippen molar-refractivity contribution in [3.05, 3.63) is 0 Å². The lowest BCUT2D eigenvalue weighted by Gasteiger charge is -2.38. The molecule has 1 fully saturated rings. The van der Waals surface area contributed by atoms with Crippen LogP contribution in [0.5, 0.6) is 0 Å². The second-order valence-corrected chi connectivity index (χ2v) is 5.61. The number of nitrogens with one attached hydrogen (secondary N) is 1. The zero-order chi connectivity index (χ0) is 13.1. The minimum atomic E-state index is -0.885. The lowest BCUT2D eigenvalue weighted by atomic mass is 9.84. The highest BCUT2D eigenvalue weighted by Gasteiger charge is 2.29. The maximum absolute atomic E-state index is 11.8. The summed E-state index contributed by atoms with van der Waals surface area (Å²) < 4.78 is 0. The number of hydrogen-bond donors (Lipinski definition) is 2. The largest absolute Gasteiger partial charge is 0.481 e. The number of piperidine rings is 1. The molecule has 0 saturated carbocycles. The van der Waals surface area contributed by atoms with Gasteiger partial charge in [0.15, 0.2) is 0 Å². The maximum atomic E-state index is 11.8. The Balaban J connectivity index is 2.40. The van der Waals surface area contributed by atoms with Crippen molar-refractivity contribution in [1.82, 2.24) is 10.2 Å². The fraction of sp³-hybridized carbons (Fsp3) is 0.833. The Morgan fingerprint density at radius 1 is 1.47 bits per heavy atom. The molecule has 0 aromatic heterocycles. The van der Waals surface area contributed by atoms with Crippen LogP contribution >= 0.6 is 0 Å². The van der Waals surface area contributed by atoms with Gasteiger partial charge in [-0.15, -0.1) is 0 Å². The smallest absolute Gasteiger partial charge is 0.317 e. The van der Waals surface area contributed by atoms with Gasteiger partial charge in [0.1, 0.15) is 0 Å². The summed E-state index contributed by atoms with van der Waals surface area (Å²) in [5, 5.41) is 11.4. The van der Waals surface area contributed by atoms with Gasteiger partial charge in [0.2, 0.25) is 0 Å². The van der Waals surface area contributed by atoms with Crippen LogP contribution in [-0.4, -0.2) is 41.6 Å². The standard InChI is InChI=1S/C12H22N2O3/c1-9(10(15)16)7-13-11(17)14-6-4-5-12(2,3)8-14/h9H,4-8H2,1-3H3,(H,13,17)(H,15,16). The molecule has 1 aliphatic rings. The minimum Gasteiger partial charge on any atom is -0.481 e. The number of aliphatic carboxylic acids is 1. The molecule has 0 spiro atoms. The molecule has 1 atom stereocenters. The average Bonchev–Trinajstić information content (AvgIpc) is 2.23. The van der Waals surface area contributed by atoms with E-state index in [1.165, 1.54) is 0 Å². The zero-order valence-electron chi connectivity index (χ0n) is 10.8. The zero-order valence-corrected chi connectivity index (χ0v) is 10.8. The molecule has 5 nitrogen and oxygen atoms in total. The van der Waals surface area contributed by atoms with Crippen molar-refractivity contribution in [2.45, 2.75) is 33.6 Å². The summed E-state index contributed by atoms with van der Waals surface area (Å²) in [6.45, 7) is 7.56. The minimum absolute atomic E-state index is 0.147. The normalized spacial score (nSPS) is 20.8. The number of rotatable bonds is 3. The monoisotopic (exact) mass is 242 g/mol. The molecule has 2 amide bonds. The highest BCUT2D eigenvalue weighted by Crippen LogP contribution is 2.28. The van der Waals surface area contributed by atoms with Crippen LogP contribution in [-0.2, 0) is 4.79 Å². The molecule has 0 radical (unpaired) electrons. The summed E-state index contributed by atoms with van der Waals surface area (Å²) in [4.78, 5) is 24.2. The van der Waals surface area contributed by atoms with Crippen molar-refractivity contribution in [2.24, 2.45) is 11.3 Å². The number of hydrogen-bond acceptors (Lipinski definition) is 2. The van der Waals surface area contributed by atoms with Gasteiger partial charge in [-0.25, -0.2) is 4.79 Å². The van der Waals surface area contributed by atoms with Crippen LogP contribution in [0, 0.1) is 11.3 Å². The van der Waals surface area contributed by atoms with Crippen molar-refractivity contribution < 1.29 is 14.7 Å². The average molecular weight is 242 g/mol. The molecule has 17 heavy (non-hydrogen) atoms. The van der Waals surface area contributed by atoms with E-state index in [9.17, 15) is 9.59 Å². The highest BCUT2D eigenvalue weighted by atomic mass is 16.4. The summed E-state index contributed by atoms with van der Waals surface area (Å²) in [7, 11) is 0. The number of carbonyl (C=O) groups excluding carboxylic acids is 1. The molecule has 0 bridgehead atoms. The van der Waals surface area contributed by atoms with Gasteiger partial charge < -0.3 is 15.3 Å². The van der Waals surface area contributed by atoms with E-state index in [1.54, 1.807) is 11.8 Å². The molecule has 1 rings (SSSR count). The van der Waals surface area contributed by atoms with Crippen LogP contribution in [0.25, 0.3) is 0 Å². The van der Waals surface area contributed by atoms with Gasteiger partial charge in [-0.05, 0) is 18.3 Å². The van der Waals surface area contributed by atoms with E-state index in [0.717, 1.165) is 25.9 Å². The second kappa shape index (κ2) is 5.38. The summed E-state index contributed by atoms with van der Waals surface area (Å²) >= 11 is 0. The molecule has 1 saturated heterocycles. The van der Waals surface area contributed by atoms with E-state index in [1.807, 2.05) is 0 Å². The number of amides is 2. The van der Waals surface area contributed by atoms with Crippen molar-refractivity contribution in [3.63, 3.8) is 0 Å². The molecule has 0 aromatic carbocycles. The lowest BCUT2D eigenvalue weighted by molar-refractivity contribution is -0.140. The second-order valence-electron chi connectivity index (χ2n) is 5.61. The molecule has 5 heteroatoms. The third-order valence-corrected chi connectivity index (χ3v) is 3.17. The molecule has 1 unspecified atom stereocenters. The Morgan fingerprint density at radius 2 is 2.12 bits per heavy atom. The summed E-state index contributed by atoms with van der Waals surface area (Å²) in [5.74, 6) is -1.43. The molecule has 2 N–H and O–H groups in total. The van der Waals surface area contributed by atoms with Crippen molar-refractivity contribution in [1.29, 1.82) is 0 Å². The van der Waals surface area contributed by atoms with E-state index in [0.29, 0.717) is 0 Å². The summed E-state index contributed by atoms with van der Waals surface area (Å²) in [6.07, 6.45) is 2.14. The molecular weight excluding hydrogens is 220 g/mol. The van der Waals surface area contributed by atoms with Crippen LogP contribution in [0.2, 0.25) is 0 Å². The van der Waals surface area contributed by atoms with E-state index in [-0.39, 0.29) is 18.0 Å². The van der Waals surface area contributed by atoms with E-state index >= 15 is 0 Å². The van der Waals surface area contributed by atoms with Gasteiger partial charge in [-0.1, -0.05) is 20.8 Å². The van der Waals surface area contributed by atoms with E-state index in [2.05, 4.69) is 19.2 Å². The molecular formula is C12H22N2O3. The Kier molecular flexibility index (Phi) is 4.37. The molecule has 1 aliphatic heterocycles. The van der Waals surface area contributed by atoms with Gasteiger partial charge in [-0.3, -0.25) is 4.79 Å². The van der Waals surface area contributed by atoms with Crippen LogP contribution in [0.3, 0.4) is 0 Å². The Hall–Kier alpha value is -1.26. The van der Waals surface area contributed by atoms with Crippen LogP contribution in [0.1, 0.15) is 33.6 Å².